The third-order valence-electron chi connectivity index (χ3n) is 4.79. The first-order valence-corrected chi connectivity index (χ1v) is 8.74. The van der Waals surface area contributed by atoms with Gasteiger partial charge in [0.15, 0.2) is 0 Å². The molecule has 134 valence electrons. The Balaban J connectivity index is 1.74. The second kappa shape index (κ2) is 7.03. The number of pyridine rings is 1. The van der Waals surface area contributed by atoms with Crippen molar-refractivity contribution in [1.82, 2.24) is 20.0 Å². The summed E-state index contributed by atoms with van der Waals surface area (Å²) in [5.74, 6) is 0.846. The van der Waals surface area contributed by atoms with Crippen molar-refractivity contribution < 1.29 is 4.74 Å². The van der Waals surface area contributed by atoms with Crippen LogP contribution in [-0.2, 0) is 0 Å². The minimum Gasteiger partial charge on any atom is -0.496 e. The molecule has 2 aromatic carbocycles. The summed E-state index contributed by atoms with van der Waals surface area (Å²) in [5, 5.41) is 8.42. The lowest BCUT2D eigenvalue weighted by molar-refractivity contribution is 0.411. The van der Waals surface area contributed by atoms with Crippen molar-refractivity contribution >= 4 is 0 Å². The quantitative estimate of drug-likeness (QED) is 0.535. The third-order valence-corrected chi connectivity index (χ3v) is 4.79. The van der Waals surface area contributed by atoms with Crippen molar-refractivity contribution in [3.8, 4) is 33.8 Å². The predicted octanol–water partition coefficient (Wildman–Crippen LogP) is 4.62. The van der Waals surface area contributed by atoms with Gasteiger partial charge in [-0.15, -0.1) is 5.10 Å². The summed E-state index contributed by atoms with van der Waals surface area (Å²) in [5.41, 5.74) is 7.40. The van der Waals surface area contributed by atoms with Gasteiger partial charge in [-0.3, -0.25) is 4.98 Å². The Bertz CT molecular complexity index is 1070. The molecule has 0 fully saturated rings. The maximum Gasteiger partial charge on any atom is 0.124 e. The van der Waals surface area contributed by atoms with E-state index in [0.29, 0.717) is 0 Å². The van der Waals surface area contributed by atoms with Gasteiger partial charge in [0.2, 0.25) is 0 Å². The Kier molecular flexibility index (Phi) is 4.42. The number of ether oxygens (including phenoxy) is 1. The van der Waals surface area contributed by atoms with Gasteiger partial charge in [0.05, 0.1) is 24.7 Å². The molecular weight excluding hydrogens is 336 g/mol. The fourth-order valence-corrected chi connectivity index (χ4v) is 3.13. The average molecular weight is 356 g/mol. The van der Waals surface area contributed by atoms with E-state index >= 15 is 0 Å². The molecule has 0 amide bonds. The monoisotopic (exact) mass is 356 g/mol. The zero-order chi connectivity index (χ0) is 18.8. The van der Waals surface area contributed by atoms with Crippen LogP contribution in [-0.4, -0.2) is 27.1 Å². The van der Waals surface area contributed by atoms with Crippen molar-refractivity contribution in [1.29, 1.82) is 0 Å². The highest BCUT2D eigenvalue weighted by Crippen LogP contribution is 2.29. The van der Waals surface area contributed by atoms with Crippen molar-refractivity contribution in [3.05, 3.63) is 78.2 Å². The molecule has 0 aliphatic heterocycles. The minimum absolute atomic E-state index is 0.846. The lowest BCUT2D eigenvalue weighted by Crippen LogP contribution is -2.02. The highest BCUT2D eigenvalue weighted by Gasteiger charge is 2.12. The predicted molar refractivity (Wildman–Crippen MR) is 106 cm³/mol. The highest BCUT2D eigenvalue weighted by atomic mass is 16.5. The molecule has 4 aromatic rings. The maximum absolute atomic E-state index is 5.51. The number of methoxy groups -OCH3 is 1. The molecule has 0 aliphatic rings. The molecular formula is C22H20N4O. The molecule has 5 nitrogen and oxygen atoms in total. The fraction of sp³-hybridized carbons (Fsp3) is 0.136. The van der Waals surface area contributed by atoms with Gasteiger partial charge in [-0.2, -0.15) is 0 Å². The van der Waals surface area contributed by atoms with Crippen molar-refractivity contribution in [2.45, 2.75) is 13.8 Å². The molecule has 0 bridgehead atoms. The summed E-state index contributed by atoms with van der Waals surface area (Å²) < 4.78 is 7.35. The van der Waals surface area contributed by atoms with Crippen LogP contribution in [0, 0.1) is 13.8 Å². The van der Waals surface area contributed by atoms with Gasteiger partial charge in [-0.25, -0.2) is 4.68 Å². The molecule has 0 N–H and O–H groups in total. The van der Waals surface area contributed by atoms with Gasteiger partial charge in [0, 0.05) is 24.0 Å². The SMILES string of the molecule is COc1cc(-n2nncc2-c2ccc(-c3cccnc3)cc2)cc(C)c1C. The van der Waals surface area contributed by atoms with Crippen LogP contribution in [0.2, 0.25) is 0 Å². The molecule has 2 heterocycles. The van der Waals surface area contributed by atoms with E-state index in [0.717, 1.165) is 44.9 Å². The molecule has 0 saturated carbocycles. The number of aryl methyl sites for hydroxylation is 1. The Morgan fingerprint density at radius 2 is 1.67 bits per heavy atom. The molecule has 0 atom stereocenters. The van der Waals surface area contributed by atoms with E-state index in [-0.39, 0.29) is 0 Å². The molecule has 5 heteroatoms. The molecule has 0 spiro atoms. The van der Waals surface area contributed by atoms with Crippen molar-refractivity contribution in [2.24, 2.45) is 0 Å². The van der Waals surface area contributed by atoms with Crippen LogP contribution in [0.1, 0.15) is 11.1 Å². The van der Waals surface area contributed by atoms with Gasteiger partial charge in [-0.05, 0) is 48.2 Å². The molecule has 2 aromatic heterocycles. The molecule has 0 radical (unpaired) electrons. The summed E-state index contributed by atoms with van der Waals surface area (Å²) in [6.45, 7) is 4.12. The lowest BCUT2D eigenvalue weighted by atomic mass is 10.0. The number of hydrogen-bond acceptors (Lipinski definition) is 4. The van der Waals surface area contributed by atoms with Gasteiger partial charge in [0.1, 0.15) is 5.75 Å². The van der Waals surface area contributed by atoms with E-state index in [1.807, 2.05) is 23.0 Å². The molecule has 0 aliphatic carbocycles. The summed E-state index contributed by atoms with van der Waals surface area (Å²) in [4.78, 5) is 4.18. The number of hydrogen-bond donors (Lipinski definition) is 0. The van der Waals surface area contributed by atoms with E-state index < -0.39 is 0 Å². The summed E-state index contributed by atoms with van der Waals surface area (Å²) in [6, 6.07) is 16.4. The number of benzene rings is 2. The van der Waals surface area contributed by atoms with Crippen LogP contribution >= 0.6 is 0 Å². The largest absolute Gasteiger partial charge is 0.496 e. The Morgan fingerprint density at radius 3 is 2.37 bits per heavy atom. The molecule has 27 heavy (non-hydrogen) atoms. The van der Waals surface area contributed by atoms with E-state index in [1.54, 1.807) is 19.5 Å². The third kappa shape index (κ3) is 3.19. The van der Waals surface area contributed by atoms with E-state index in [4.69, 9.17) is 4.74 Å². The number of nitrogens with zero attached hydrogens (tertiary/aromatic N) is 4. The number of aromatic nitrogens is 4. The Hall–Kier alpha value is -3.47. The standard InChI is InChI=1S/C22H20N4O/c1-15-11-20(12-22(27-3)16(15)2)26-21(14-24-25-26)18-8-6-17(7-9-18)19-5-4-10-23-13-19/h4-14H,1-3H3. The highest BCUT2D eigenvalue weighted by molar-refractivity contribution is 5.69. The molecule has 0 unspecified atom stereocenters. The van der Waals surface area contributed by atoms with Gasteiger partial charge < -0.3 is 4.74 Å². The normalized spacial score (nSPS) is 10.8. The van der Waals surface area contributed by atoms with Crippen LogP contribution in [0.4, 0.5) is 0 Å². The van der Waals surface area contributed by atoms with E-state index in [9.17, 15) is 0 Å². The Morgan fingerprint density at radius 1 is 0.889 bits per heavy atom. The van der Waals surface area contributed by atoms with Crippen molar-refractivity contribution in [2.75, 3.05) is 7.11 Å². The average Bonchev–Trinajstić information content (AvgIpc) is 3.20. The fourth-order valence-electron chi connectivity index (χ4n) is 3.13. The lowest BCUT2D eigenvalue weighted by Gasteiger charge is -2.13. The first-order valence-electron chi connectivity index (χ1n) is 8.74. The van der Waals surface area contributed by atoms with Crippen LogP contribution in [0.3, 0.4) is 0 Å². The summed E-state index contributed by atoms with van der Waals surface area (Å²) in [6.07, 6.45) is 5.42. The van der Waals surface area contributed by atoms with Gasteiger partial charge in [0.25, 0.3) is 0 Å². The van der Waals surface area contributed by atoms with E-state index in [1.165, 1.54) is 0 Å². The van der Waals surface area contributed by atoms with E-state index in [2.05, 4.69) is 65.5 Å². The first kappa shape index (κ1) is 17.0. The van der Waals surface area contributed by atoms with Crippen molar-refractivity contribution in [3.63, 3.8) is 0 Å². The second-order valence-electron chi connectivity index (χ2n) is 6.44. The number of rotatable bonds is 4. The molecule has 0 saturated heterocycles. The topological polar surface area (TPSA) is 52.8 Å². The smallest absolute Gasteiger partial charge is 0.124 e. The maximum atomic E-state index is 5.51. The zero-order valence-corrected chi connectivity index (χ0v) is 15.5. The van der Waals surface area contributed by atoms with Crippen LogP contribution in [0.5, 0.6) is 5.75 Å². The summed E-state index contributed by atoms with van der Waals surface area (Å²) >= 11 is 0. The minimum atomic E-state index is 0.846. The van der Waals surface area contributed by atoms with Crippen LogP contribution in [0.25, 0.3) is 28.1 Å². The summed E-state index contributed by atoms with van der Waals surface area (Å²) in [7, 11) is 1.69. The van der Waals surface area contributed by atoms with Crippen LogP contribution in [0.15, 0.2) is 67.1 Å². The van der Waals surface area contributed by atoms with Gasteiger partial charge in [-0.1, -0.05) is 35.5 Å². The zero-order valence-electron chi connectivity index (χ0n) is 15.5. The second-order valence-corrected chi connectivity index (χ2v) is 6.44. The van der Waals surface area contributed by atoms with Gasteiger partial charge >= 0.3 is 0 Å². The van der Waals surface area contributed by atoms with Crippen LogP contribution < -0.4 is 4.74 Å². The first-order chi connectivity index (χ1) is 13.2. The molecule has 4 rings (SSSR count). The Labute approximate surface area is 158 Å².